The first kappa shape index (κ1) is 14.2. The number of H-pyrrole nitrogens is 1. The summed E-state index contributed by atoms with van der Waals surface area (Å²) < 4.78 is 13.0. The van der Waals surface area contributed by atoms with Gasteiger partial charge in [0.05, 0.1) is 0 Å². The minimum Gasteiger partial charge on any atom is -0.296 e. The number of aromatic amines is 1. The number of hydrogen-bond donors (Lipinski definition) is 1. The molecule has 1 atom stereocenters. The molecule has 5 heteroatoms. The van der Waals surface area contributed by atoms with E-state index in [1.54, 1.807) is 12.1 Å². The molecule has 0 bridgehead atoms. The minimum absolute atomic E-state index is 0.164. The van der Waals surface area contributed by atoms with Crippen molar-refractivity contribution in [1.82, 2.24) is 20.1 Å². The van der Waals surface area contributed by atoms with E-state index in [9.17, 15) is 4.39 Å². The fourth-order valence-corrected chi connectivity index (χ4v) is 3.10. The van der Waals surface area contributed by atoms with Gasteiger partial charge in [-0.2, -0.15) is 5.10 Å². The summed E-state index contributed by atoms with van der Waals surface area (Å²) >= 11 is 0. The molecule has 1 fully saturated rings. The Labute approximate surface area is 124 Å². The molecule has 0 amide bonds. The predicted molar refractivity (Wildman–Crippen MR) is 79.4 cm³/mol. The van der Waals surface area contributed by atoms with Gasteiger partial charge in [-0.3, -0.25) is 10.00 Å². The molecule has 4 nitrogen and oxygen atoms in total. The third kappa shape index (κ3) is 3.47. The molecule has 0 saturated carbocycles. The van der Waals surface area contributed by atoms with Crippen molar-refractivity contribution in [2.75, 3.05) is 13.1 Å². The monoisotopic (exact) mass is 288 g/mol. The first-order valence-electron chi connectivity index (χ1n) is 7.60. The van der Waals surface area contributed by atoms with Crippen molar-refractivity contribution in [2.45, 2.75) is 38.6 Å². The highest BCUT2D eigenvalue weighted by Gasteiger charge is 2.25. The lowest BCUT2D eigenvalue weighted by Gasteiger charge is -2.24. The standard InChI is InChI=1S/C16H21FN4/c1-12-18-16(20-19-12)5-3-11-21-10-2-4-15(21)13-6-8-14(17)9-7-13/h6-9,15H,2-5,10-11H2,1H3,(H,18,19,20). The van der Waals surface area contributed by atoms with Crippen LogP contribution in [0.3, 0.4) is 0 Å². The van der Waals surface area contributed by atoms with Crippen LogP contribution in [0.15, 0.2) is 24.3 Å². The van der Waals surface area contributed by atoms with Crippen LogP contribution in [0.4, 0.5) is 4.39 Å². The Kier molecular flexibility index (Phi) is 4.29. The van der Waals surface area contributed by atoms with E-state index in [4.69, 9.17) is 0 Å². The molecule has 21 heavy (non-hydrogen) atoms. The van der Waals surface area contributed by atoms with Gasteiger partial charge in [0.1, 0.15) is 11.6 Å². The number of aromatic nitrogens is 3. The number of aryl methyl sites for hydroxylation is 2. The van der Waals surface area contributed by atoms with Crippen LogP contribution in [0, 0.1) is 12.7 Å². The topological polar surface area (TPSA) is 44.8 Å². The number of hydrogen-bond acceptors (Lipinski definition) is 3. The van der Waals surface area contributed by atoms with Gasteiger partial charge in [0.2, 0.25) is 0 Å². The summed E-state index contributed by atoms with van der Waals surface area (Å²) in [6.07, 6.45) is 4.32. The Hall–Kier alpha value is -1.75. The summed E-state index contributed by atoms with van der Waals surface area (Å²) in [4.78, 5) is 6.83. The van der Waals surface area contributed by atoms with E-state index in [1.807, 2.05) is 19.1 Å². The van der Waals surface area contributed by atoms with Gasteiger partial charge in [0, 0.05) is 12.5 Å². The molecule has 1 aromatic carbocycles. The smallest absolute Gasteiger partial charge is 0.150 e. The second kappa shape index (κ2) is 6.35. The normalized spacial score (nSPS) is 19.2. The molecule has 2 heterocycles. The van der Waals surface area contributed by atoms with Crippen molar-refractivity contribution in [3.63, 3.8) is 0 Å². The summed E-state index contributed by atoms with van der Waals surface area (Å²) in [6.45, 7) is 4.08. The average Bonchev–Trinajstić information content (AvgIpc) is 3.09. The van der Waals surface area contributed by atoms with Crippen LogP contribution in [-0.2, 0) is 6.42 Å². The number of halogens is 1. The van der Waals surface area contributed by atoms with Gasteiger partial charge < -0.3 is 0 Å². The zero-order chi connectivity index (χ0) is 14.7. The van der Waals surface area contributed by atoms with Crippen LogP contribution in [0.25, 0.3) is 0 Å². The lowest BCUT2D eigenvalue weighted by atomic mass is 10.0. The zero-order valence-electron chi connectivity index (χ0n) is 12.3. The fourth-order valence-electron chi connectivity index (χ4n) is 3.10. The van der Waals surface area contributed by atoms with E-state index >= 15 is 0 Å². The second-order valence-corrected chi connectivity index (χ2v) is 5.69. The van der Waals surface area contributed by atoms with Gasteiger partial charge in [-0.15, -0.1) is 0 Å². The Morgan fingerprint density at radius 2 is 2.14 bits per heavy atom. The number of benzene rings is 1. The maximum Gasteiger partial charge on any atom is 0.150 e. The Balaban J connectivity index is 1.55. The molecule has 3 rings (SSSR count). The van der Waals surface area contributed by atoms with Gasteiger partial charge in [-0.25, -0.2) is 9.37 Å². The summed E-state index contributed by atoms with van der Waals surface area (Å²) in [5.74, 6) is 1.60. The molecule has 0 radical (unpaired) electrons. The Morgan fingerprint density at radius 3 is 2.86 bits per heavy atom. The molecule has 1 aliphatic heterocycles. The molecule has 1 aromatic heterocycles. The first-order chi connectivity index (χ1) is 10.2. The number of likely N-dealkylation sites (tertiary alicyclic amines) is 1. The van der Waals surface area contributed by atoms with Crippen LogP contribution in [0.1, 0.15) is 42.5 Å². The molecule has 0 aliphatic carbocycles. The van der Waals surface area contributed by atoms with Gasteiger partial charge >= 0.3 is 0 Å². The van der Waals surface area contributed by atoms with E-state index in [1.165, 1.54) is 12.0 Å². The van der Waals surface area contributed by atoms with E-state index in [0.717, 1.165) is 44.0 Å². The first-order valence-corrected chi connectivity index (χ1v) is 7.60. The maximum atomic E-state index is 13.0. The van der Waals surface area contributed by atoms with E-state index in [2.05, 4.69) is 20.1 Å². The predicted octanol–water partition coefficient (Wildman–Crippen LogP) is 3.02. The summed E-state index contributed by atoms with van der Waals surface area (Å²) in [7, 11) is 0. The van der Waals surface area contributed by atoms with Crippen molar-refractivity contribution in [3.05, 3.63) is 47.3 Å². The summed E-state index contributed by atoms with van der Waals surface area (Å²) in [5, 5.41) is 7.05. The maximum absolute atomic E-state index is 13.0. The molecule has 1 saturated heterocycles. The molecule has 1 N–H and O–H groups in total. The Bertz CT molecular complexity index is 578. The molecule has 1 aliphatic rings. The summed E-state index contributed by atoms with van der Waals surface area (Å²) in [5.41, 5.74) is 1.22. The van der Waals surface area contributed by atoms with Crippen LogP contribution >= 0.6 is 0 Å². The highest BCUT2D eigenvalue weighted by atomic mass is 19.1. The van der Waals surface area contributed by atoms with Gasteiger partial charge in [0.15, 0.2) is 5.82 Å². The van der Waals surface area contributed by atoms with Crippen LogP contribution in [-0.4, -0.2) is 33.2 Å². The molecule has 2 aromatic rings. The van der Waals surface area contributed by atoms with Crippen molar-refractivity contribution in [1.29, 1.82) is 0 Å². The van der Waals surface area contributed by atoms with Crippen LogP contribution in [0.2, 0.25) is 0 Å². The van der Waals surface area contributed by atoms with Crippen LogP contribution < -0.4 is 0 Å². The van der Waals surface area contributed by atoms with E-state index in [0.29, 0.717) is 6.04 Å². The highest BCUT2D eigenvalue weighted by Crippen LogP contribution is 2.31. The molecular weight excluding hydrogens is 267 g/mol. The number of rotatable bonds is 5. The average molecular weight is 288 g/mol. The molecule has 1 unspecified atom stereocenters. The largest absolute Gasteiger partial charge is 0.296 e. The lowest BCUT2D eigenvalue weighted by Crippen LogP contribution is -2.24. The minimum atomic E-state index is -0.164. The van der Waals surface area contributed by atoms with E-state index < -0.39 is 0 Å². The second-order valence-electron chi connectivity index (χ2n) is 5.69. The lowest BCUT2D eigenvalue weighted by molar-refractivity contribution is 0.253. The van der Waals surface area contributed by atoms with Gasteiger partial charge in [-0.1, -0.05) is 12.1 Å². The Morgan fingerprint density at radius 1 is 1.33 bits per heavy atom. The van der Waals surface area contributed by atoms with Crippen molar-refractivity contribution in [3.8, 4) is 0 Å². The van der Waals surface area contributed by atoms with Gasteiger partial charge in [0.25, 0.3) is 0 Å². The quantitative estimate of drug-likeness (QED) is 0.920. The fraction of sp³-hybridized carbons (Fsp3) is 0.500. The van der Waals surface area contributed by atoms with Gasteiger partial charge in [-0.05, 0) is 57.0 Å². The molecular formula is C16H21FN4. The zero-order valence-corrected chi connectivity index (χ0v) is 12.3. The van der Waals surface area contributed by atoms with Crippen molar-refractivity contribution >= 4 is 0 Å². The van der Waals surface area contributed by atoms with Crippen molar-refractivity contribution in [2.24, 2.45) is 0 Å². The third-order valence-corrected chi connectivity index (χ3v) is 4.11. The summed E-state index contributed by atoms with van der Waals surface area (Å²) in [6, 6.07) is 7.37. The SMILES string of the molecule is Cc1nc(CCCN2CCCC2c2ccc(F)cc2)n[nH]1. The van der Waals surface area contributed by atoms with Crippen LogP contribution in [0.5, 0.6) is 0 Å². The van der Waals surface area contributed by atoms with Crippen molar-refractivity contribution < 1.29 is 4.39 Å². The third-order valence-electron chi connectivity index (χ3n) is 4.11. The highest BCUT2D eigenvalue weighted by molar-refractivity contribution is 5.21. The number of nitrogens with zero attached hydrogens (tertiary/aromatic N) is 3. The molecule has 112 valence electrons. The van der Waals surface area contributed by atoms with E-state index in [-0.39, 0.29) is 5.82 Å². The molecule has 0 spiro atoms. The number of nitrogens with one attached hydrogen (secondary N) is 1.